The Balaban J connectivity index is 2.00. The fourth-order valence-electron chi connectivity index (χ4n) is 2.90. The largest absolute Gasteiger partial charge is 0.497 e. The molecule has 0 unspecified atom stereocenters. The van der Waals surface area contributed by atoms with Crippen molar-refractivity contribution >= 4 is 11.5 Å². The lowest BCUT2D eigenvalue weighted by Gasteiger charge is -2.25. The van der Waals surface area contributed by atoms with Gasteiger partial charge in [0.05, 0.1) is 7.11 Å². The molecule has 4 heteroatoms. The normalized spacial score (nSPS) is 13.7. The molecule has 0 N–H and O–H groups in total. The molecule has 0 fully saturated rings. The molecular weight excluding hydrogens is 262 g/mol. The van der Waals surface area contributed by atoms with Gasteiger partial charge in [-0.05, 0) is 56.9 Å². The van der Waals surface area contributed by atoms with Gasteiger partial charge in [-0.25, -0.2) is 9.97 Å². The first-order valence-corrected chi connectivity index (χ1v) is 7.43. The summed E-state index contributed by atoms with van der Waals surface area (Å²) in [7, 11) is 3.75. The molecule has 110 valence electrons. The fourth-order valence-corrected chi connectivity index (χ4v) is 2.90. The fraction of sp³-hybridized carbons (Fsp3) is 0.412. The van der Waals surface area contributed by atoms with Crippen molar-refractivity contribution in [2.45, 2.75) is 32.6 Å². The molecule has 1 heterocycles. The topological polar surface area (TPSA) is 38.2 Å². The molecule has 1 aliphatic carbocycles. The minimum absolute atomic E-state index is 0.853. The number of hydrogen-bond donors (Lipinski definition) is 0. The molecule has 0 radical (unpaired) electrons. The van der Waals surface area contributed by atoms with Crippen molar-refractivity contribution in [3.63, 3.8) is 0 Å². The Morgan fingerprint density at radius 1 is 1.05 bits per heavy atom. The molecule has 21 heavy (non-hydrogen) atoms. The number of benzene rings is 1. The van der Waals surface area contributed by atoms with Gasteiger partial charge in [-0.1, -0.05) is 0 Å². The number of fused-ring (bicyclic) bond motifs is 1. The van der Waals surface area contributed by atoms with Crippen molar-refractivity contribution in [3.8, 4) is 5.75 Å². The first kappa shape index (κ1) is 13.9. The van der Waals surface area contributed by atoms with Crippen LogP contribution in [0.5, 0.6) is 5.75 Å². The molecule has 0 saturated heterocycles. The van der Waals surface area contributed by atoms with Crippen molar-refractivity contribution in [2.75, 3.05) is 19.1 Å². The van der Waals surface area contributed by atoms with Crippen molar-refractivity contribution < 1.29 is 4.74 Å². The highest BCUT2D eigenvalue weighted by Gasteiger charge is 2.19. The van der Waals surface area contributed by atoms with Crippen LogP contribution < -0.4 is 9.64 Å². The highest BCUT2D eigenvalue weighted by molar-refractivity contribution is 5.63. The molecule has 0 atom stereocenters. The van der Waals surface area contributed by atoms with Gasteiger partial charge < -0.3 is 9.64 Å². The van der Waals surface area contributed by atoms with Crippen LogP contribution in [0.3, 0.4) is 0 Å². The number of aryl methyl sites for hydroxylation is 2. The molecule has 4 nitrogen and oxygen atoms in total. The zero-order valence-corrected chi connectivity index (χ0v) is 12.9. The number of aromatic nitrogens is 2. The van der Waals surface area contributed by atoms with Crippen LogP contribution in [-0.4, -0.2) is 24.1 Å². The molecular formula is C17H21N3O. The second kappa shape index (κ2) is 5.72. The maximum absolute atomic E-state index is 5.22. The minimum Gasteiger partial charge on any atom is -0.497 e. The van der Waals surface area contributed by atoms with Crippen LogP contribution in [0.2, 0.25) is 0 Å². The molecule has 0 amide bonds. The Hall–Kier alpha value is -2.10. The van der Waals surface area contributed by atoms with Crippen LogP contribution in [0.4, 0.5) is 11.5 Å². The van der Waals surface area contributed by atoms with Crippen LogP contribution in [0.15, 0.2) is 24.3 Å². The van der Waals surface area contributed by atoms with E-state index < -0.39 is 0 Å². The lowest BCUT2D eigenvalue weighted by molar-refractivity contribution is 0.415. The van der Waals surface area contributed by atoms with E-state index in [1.165, 1.54) is 24.1 Å². The summed E-state index contributed by atoms with van der Waals surface area (Å²) in [5.41, 5.74) is 3.65. The Kier molecular flexibility index (Phi) is 3.78. The summed E-state index contributed by atoms with van der Waals surface area (Å²) in [5, 5.41) is 0. The van der Waals surface area contributed by atoms with Gasteiger partial charge in [0.15, 0.2) is 0 Å². The van der Waals surface area contributed by atoms with E-state index in [2.05, 4.69) is 34.0 Å². The van der Waals surface area contributed by atoms with Gasteiger partial charge in [0.25, 0.3) is 0 Å². The molecule has 0 spiro atoms. The summed E-state index contributed by atoms with van der Waals surface area (Å²) in [5.74, 6) is 2.77. The molecule has 3 rings (SSSR count). The van der Waals surface area contributed by atoms with Gasteiger partial charge in [-0.15, -0.1) is 0 Å². The Labute approximate surface area is 125 Å². The first-order valence-electron chi connectivity index (χ1n) is 7.43. The van der Waals surface area contributed by atoms with Crippen molar-refractivity contribution in [3.05, 3.63) is 41.3 Å². The molecule has 0 bridgehead atoms. The number of nitrogens with zero attached hydrogens (tertiary/aromatic N) is 3. The van der Waals surface area contributed by atoms with Crippen LogP contribution in [-0.2, 0) is 12.8 Å². The minimum atomic E-state index is 0.853. The summed E-state index contributed by atoms with van der Waals surface area (Å²) in [6, 6.07) is 8.08. The summed E-state index contributed by atoms with van der Waals surface area (Å²) in [4.78, 5) is 11.5. The van der Waals surface area contributed by atoms with Gasteiger partial charge in [-0.2, -0.15) is 0 Å². The smallest absolute Gasteiger partial charge is 0.139 e. The van der Waals surface area contributed by atoms with Crippen LogP contribution in [0, 0.1) is 6.92 Å². The van der Waals surface area contributed by atoms with Gasteiger partial charge >= 0.3 is 0 Å². The summed E-state index contributed by atoms with van der Waals surface area (Å²) < 4.78 is 5.22. The Morgan fingerprint density at radius 3 is 2.48 bits per heavy atom. The lowest BCUT2D eigenvalue weighted by Crippen LogP contribution is -2.18. The number of rotatable bonds is 3. The average Bonchev–Trinajstić information content (AvgIpc) is 2.53. The van der Waals surface area contributed by atoms with Gasteiger partial charge in [0.1, 0.15) is 17.4 Å². The zero-order chi connectivity index (χ0) is 14.8. The van der Waals surface area contributed by atoms with Crippen LogP contribution in [0.1, 0.15) is 29.9 Å². The van der Waals surface area contributed by atoms with Crippen LogP contribution in [0.25, 0.3) is 0 Å². The standard InChI is InChI=1S/C17H21N3O/c1-12-18-16-7-5-4-6-15(16)17(19-12)20(2)13-8-10-14(21-3)11-9-13/h8-11H,4-7H2,1-3H3. The number of hydrogen-bond acceptors (Lipinski definition) is 4. The quantitative estimate of drug-likeness (QED) is 0.865. The lowest BCUT2D eigenvalue weighted by atomic mass is 9.96. The third-order valence-electron chi connectivity index (χ3n) is 4.05. The predicted molar refractivity (Wildman–Crippen MR) is 84.5 cm³/mol. The first-order chi connectivity index (χ1) is 10.2. The van der Waals surface area contributed by atoms with E-state index in [-0.39, 0.29) is 0 Å². The molecule has 0 saturated carbocycles. The Morgan fingerprint density at radius 2 is 1.76 bits per heavy atom. The van der Waals surface area contributed by atoms with Gasteiger partial charge in [-0.3, -0.25) is 0 Å². The van der Waals surface area contributed by atoms with Crippen molar-refractivity contribution in [2.24, 2.45) is 0 Å². The average molecular weight is 283 g/mol. The maximum Gasteiger partial charge on any atom is 0.139 e. The molecule has 2 aromatic rings. The highest BCUT2D eigenvalue weighted by Crippen LogP contribution is 2.31. The van der Waals surface area contributed by atoms with E-state index in [9.17, 15) is 0 Å². The van der Waals surface area contributed by atoms with E-state index in [1.54, 1.807) is 7.11 Å². The third-order valence-corrected chi connectivity index (χ3v) is 4.05. The molecule has 1 aromatic carbocycles. The van der Waals surface area contributed by atoms with E-state index in [1.807, 2.05) is 19.1 Å². The predicted octanol–water partition coefficient (Wildman–Crippen LogP) is 3.44. The second-order valence-electron chi connectivity index (χ2n) is 5.48. The SMILES string of the molecule is COc1ccc(N(C)c2nc(C)nc3c2CCCC3)cc1. The molecule has 0 aliphatic heterocycles. The summed E-state index contributed by atoms with van der Waals surface area (Å²) in [6.45, 7) is 1.97. The number of methoxy groups -OCH3 is 1. The molecule has 1 aliphatic rings. The van der Waals surface area contributed by atoms with Gasteiger partial charge in [0.2, 0.25) is 0 Å². The summed E-state index contributed by atoms with van der Waals surface area (Å²) >= 11 is 0. The van der Waals surface area contributed by atoms with Crippen molar-refractivity contribution in [1.82, 2.24) is 9.97 Å². The summed E-state index contributed by atoms with van der Waals surface area (Å²) in [6.07, 6.45) is 4.60. The second-order valence-corrected chi connectivity index (χ2v) is 5.48. The Bertz CT molecular complexity index is 637. The number of anilines is 2. The van der Waals surface area contributed by atoms with E-state index in [0.29, 0.717) is 0 Å². The van der Waals surface area contributed by atoms with E-state index >= 15 is 0 Å². The third kappa shape index (κ3) is 2.71. The van der Waals surface area contributed by atoms with E-state index in [0.717, 1.165) is 35.9 Å². The van der Waals surface area contributed by atoms with Crippen molar-refractivity contribution in [1.29, 1.82) is 0 Å². The van der Waals surface area contributed by atoms with E-state index in [4.69, 9.17) is 4.74 Å². The number of ether oxygens (including phenoxy) is 1. The van der Waals surface area contributed by atoms with Crippen LogP contribution >= 0.6 is 0 Å². The van der Waals surface area contributed by atoms with Gasteiger partial charge in [0, 0.05) is 24.0 Å². The zero-order valence-electron chi connectivity index (χ0n) is 12.9. The highest BCUT2D eigenvalue weighted by atomic mass is 16.5. The maximum atomic E-state index is 5.22. The monoisotopic (exact) mass is 283 g/mol. The molecule has 1 aromatic heterocycles.